The molecule has 1 aliphatic rings. The first-order valence-electron chi connectivity index (χ1n) is 45.8. The Morgan fingerprint density at radius 3 is 1.37 bits per heavy atom. The summed E-state index contributed by atoms with van der Waals surface area (Å²) in [6.07, 6.45) is 9.74. The van der Waals surface area contributed by atoms with Gasteiger partial charge in [0.05, 0.1) is 47.1 Å². The van der Waals surface area contributed by atoms with Crippen LogP contribution >= 0.6 is 0 Å². The van der Waals surface area contributed by atoms with Crippen LogP contribution in [0.3, 0.4) is 0 Å². The van der Waals surface area contributed by atoms with E-state index < -0.39 is 133 Å². The molecule has 18 N–H and O–H groups in total. The average Bonchev–Trinajstić information content (AvgIpc) is 1.56. The second-order valence-electron chi connectivity index (χ2n) is 33.8. The molecule has 0 bridgehead atoms. The maximum absolute atomic E-state index is 14.4. The van der Waals surface area contributed by atoms with Crippen LogP contribution < -0.4 is 88.3 Å². The molecule has 1 saturated heterocycles. The van der Waals surface area contributed by atoms with Crippen LogP contribution in [0.5, 0.6) is 11.5 Å². The van der Waals surface area contributed by atoms with E-state index in [1.54, 1.807) is 101 Å². The van der Waals surface area contributed by atoms with E-state index >= 15 is 0 Å². The Kier molecular flexibility index (Phi) is 41.7. The monoisotopic (exact) mass is 1970 g/mol. The topological polar surface area (TPSA) is 606 Å². The number of aromatic amines is 2. The van der Waals surface area contributed by atoms with Crippen LogP contribution in [0.25, 0.3) is 21.8 Å². The third kappa shape index (κ3) is 33.5. The van der Waals surface area contributed by atoms with Crippen molar-refractivity contribution in [2.45, 2.75) is 153 Å². The summed E-state index contributed by atoms with van der Waals surface area (Å²) in [6.45, 7) is 15.1. The number of likely N-dealkylation sites (N-methyl/N-ethyl adjacent to an activating group) is 1. The summed E-state index contributed by atoms with van der Waals surface area (Å²) in [5.74, 6) is -7.55. The second kappa shape index (κ2) is 53.0. The number of aromatic nitrogens is 6. The summed E-state index contributed by atoms with van der Waals surface area (Å²) in [7, 11) is 0.427. The van der Waals surface area contributed by atoms with E-state index in [0.717, 1.165) is 11.1 Å². The van der Waals surface area contributed by atoms with Crippen molar-refractivity contribution in [1.29, 1.82) is 0 Å². The number of pyridine rings is 2. The summed E-state index contributed by atoms with van der Waals surface area (Å²) in [6, 6.07) is 9.29. The number of carboxylic acids is 3. The number of amides is 8. The number of sulfonamides is 2. The molecule has 0 aliphatic carbocycles. The number of nitrogens with one attached hydrogen (secondary N) is 15. The molecule has 8 aromatic rings. The van der Waals surface area contributed by atoms with E-state index in [4.69, 9.17) is 16.5 Å². The lowest BCUT2D eigenvalue weighted by Crippen LogP contribution is -2.55. The van der Waals surface area contributed by atoms with Crippen molar-refractivity contribution in [1.82, 2.24) is 106 Å². The quantitative estimate of drug-likeness (QED) is 0.0232. The molecule has 4 aromatic heterocycles. The molecule has 4 aromatic carbocycles. The van der Waals surface area contributed by atoms with Gasteiger partial charge in [-0.15, -0.1) is 0 Å². The van der Waals surface area contributed by atoms with Crippen LogP contribution in [0.1, 0.15) is 126 Å². The SMILES string of the molecule is [CH]N1CCN(CC)CCN(CC(=O)N[C@@H](CCC(=O)NC(CC)CNCCNC(=O)CCCOc2cc(C)c(S(=O)(=O)NC(CNC(=O)c3cn(C)c4cc(CNc5ncc[nH]5)ccc4c3=O)C(=O)O)c(C)c2)C(=O)NC(CC)C(=O)NCCNC(=O)CCCOc2cc(C)c(S(=O)(=O)NC(CNC(=O)c3cn(C)c4cc(CNc5ncc[nH]5)ccc4c3=O)C(=O)O)c(C)c2)CCN(CC(=O)O)CC1. The minimum Gasteiger partial charge on any atom is -0.494 e. The maximum atomic E-state index is 14.4. The van der Waals surface area contributed by atoms with E-state index in [1.807, 2.05) is 18.7 Å². The van der Waals surface area contributed by atoms with Crippen molar-refractivity contribution >= 4 is 119 Å². The van der Waals surface area contributed by atoms with Crippen molar-refractivity contribution in [2.75, 3.05) is 142 Å². The minimum atomic E-state index is -4.57. The Morgan fingerprint density at radius 1 is 0.489 bits per heavy atom. The summed E-state index contributed by atoms with van der Waals surface area (Å²) in [5, 5.41) is 61.4. The van der Waals surface area contributed by atoms with Gasteiger partial charge in [0, 0.05) is 206 Å². The van der Waals surface area contributed by atoms with Crippen molar-refractivity contribution in [3.05, 3.63) is 170 Å². The largest absolute Gasteiger partial charge is 0.494 e. The molecular weight excluding hydrogens is 1840 g/mol. The smallest absolute Gasteiger partial charge is 0.323 e. The van der Waals surface area contributed by atoms with Crippen LogP contribution in [0, 0.1) is 34.7 Å². The molecule has 2 radical (unpaired) electrons. The lowest BCUT2D eigenvalue weighted by molar-refractivity contribution is -0.139. The number of nitrogens with zero attached hydrogens (tertiary/aromatic N) is 8. The first-order chi connectivity index (χ1) is 66.2. The number of carbonyl (C=O) groups is 11. The van der Waals surface area contributed by atoms with Crippen molar-refractivity contribution in [2.24, 2.45) is 14.1 Å². The van der Waals surface area contributed by atoms with Crippen LogP contribution in [0.4, 0.5) is 11.9 Å². The predicted molar refractivity (Wildman–Crippen MR) is 516 cm³/mol. The molecule has 9 rings (SSSR count). The lowest BCUT2D eigenvalue weighted by atomic mass is 10.1. The standard InChI is InChI=1S/C92H127N23O22S2/c1-11-63(50-93-24-25-94-76(116)16-14-40-136-64-42-57(4)83(58(5)43-64)138(132,133)108-72(89(128)129)51-101-85(124)68-53-111(9)74-46-61(18-20-66(74)81(68)122)48-103-91-97-28-29-98-91)105-78(118)23-22-71(106-79(119)55-114-37-36-113(13-3)34-32-110(8)33-35-115(39-38-114)56-80(120)121)88(127)107-70(12-2)87(126)96-27-26-95-77(117)17-15-41-137-65-44-59(6)84(60(7)45-65)139(134,135)109-73(90(130)131)52-102-86(125)69-54-112(10)75-47-62(19-21-67(75)82(69)123)49-104-92-99-30-31-100-92/h8,18-21,28-31,42-47,53-54,63,70-73,93,108-109H,11-17,22-27,32-41,48-52,55-56H2,1-7,9-10H3,(H,94,116)(H,95,117)(H,96,126)(H,101,124)(H,102,125)(H,105,118)(H,106,119)(H,107,127)(H,120,121)(H,128,129)(H,130,131)(H2,97,98,103)(H2,99,100,104)/t63?,70?,71-,72?,73?/m0/s1. The zero-order valence-corrected chi connectivity index (χ0v) is 81.0. The molecule has 47 heteroatoms. The van der Waals surface area contributed by atoms with E-state index in [1.165, 1.54) is 64.4 Å². The summed E-state index contributed by atoms with van der Waals surface area (Å²) in [4.78, 5) is 194. The number of imidazole rings is 2. The number of aliphatic carboxylic acids is 3. The zero-order chi connectivity index (χ0) is 101. The van der Waals surface area contributed by atoms with Crippen molar-refractivity contribution < 1.29 is 94.4 Å². The number of H-pyrrole nitrogens is 2. The molecule has 5 heterocycles. The van der Waals surface area contributed by atoms with E-state index in [0.29, 0.717) is 94.8 Å². The number of carbonyl (C=O) groups excluding carboxylic acids is 8. The van der Waals surface area contributed by atoms with Gasteiger partial charge in [-0.3, -0.25) is 77.0 Å². The fourth-order valence-corrected chi connectivity index (χ4v) is 18.9. The molecule has 754 valence electrons. The van der Waals surface area contributed by atoms with Crippen LogP contribution in [-0.4, -0.2) is 307 Å². The molecule has 1 fully saturated rings. The minimum absolute atomic E-state index is 0.00832. The second-order valence-corrected chi connectivity index (χ2v) is 37.1. The van der Waals surface area contributed by atoms with Gasteiger partial charge in [-0.1, -0.05) is 32.9 Å². The van der Waals surface area contributed by atoms with Gasteiger partial charge in [-0.05, 0) is 148 Å². The molecular formula is C92H127N23O22S2. The highest BCUT2D eigenvalue weighted by atomic mass is 32.2. The van der Waals surface area contributed by atoms with E-state index in [9.17, 15) is 94.5 Å². The van der Waals surface area contributed by atoms with Gasteiger partial charge < -0.3 is 107 Å². The zero-order valence-electron chi connectivity index (χ0n) is 79.4. The van der Waals surface area contributed by atoms with Crippen LogP contribution in [0.2, 0.25) is 0 Å². The number of rotatable bonds is 53. The van der Waals surface area contributed by atoms with Crippen LogP contribution in [0.15, 0.2) is 117 Å². The lowest BCUT2D eigenvalue weighted by Gasteiger charge is -2.32. The molecule has 1 aliphatic heterocycles. The summed E-state index contributed by atoms with van der Waals surface area (Å²) < 4.78 is 74.7. The molecule has 139 heavy (non-hydrogen) atoms. The summed E-state index contributed by atoms with van der Waals surface area (Å²) in [5.41, 5.74) is 1.67. The van der Waals surface area contributed by atoms with Gasteiger partial charge in [0.25, 0.3) is 11.8 Å². The number of fused-ring (bicyclic) bond motifs is 2. The Labute approximate surface area is 805 Å². The fraction of sp³-hybridized carbons (Fsp3) is 0.478. The number of hydrogen-bond donors (Lipinski definition) is 18. The molecule has 0 spiro atoms. The first-order valence-corrected chi connectivity index (χ1v) is 48.8. The van der Waals surface area contributed by atoms with E-state index in [-0.39, 0.29) is 182 Å². The Bertz CT molecular complexity index is 5950. The molecule has 45 nitrogen and oxygen atoms in total. The number of ether oxygens (including phenoxy) is 2. The molecule has 0 saturated carbocycles. The fourth-order valence-electron chi connectivity index (χ4n) is 15.6. The third-order valence-corrected chi connectivity index (χ3v) is 26.6. The number of benzene rings is 4. The van der Waals surface area contributed by atoms with Crippen LogP contribution in [-0.2, 0) is 90.4 Å². The predicted octanol–water partition coefficient (Wildman–Crippen LogP) is 0.623. The first kappa shape index (κ1) is 109. The van der Waals surface area contributed by atoms with Gasteiger partial charge in [-0.25, -0.2) is 26.8 Å². The van der Waals surface area contributed by atoms with E-state index in [2.05, 4.69) is 92.8 Å². The number of hydrogen-bond acceptors (Lipinski definition) is 28. The third-order valence-electron chi connectivity index (χ3n) is 23.1. The number of anilines is 2. The molecule has 4 unspecified atom stereocenters. The summed E-state index contributed by atoms with van der Waals surface area (Å²) >= 11 is 0. The van der Waals surface area contributed by atoms with Gasteiger partial charge in [0.2, 0.25) is 66.3 Å². The highest BCUT2D eigenvalue weighted by molar-refractivity contribution is 7.90. The Morgan fingerprint density at radius 2 is 0.935 bits per heavy atom. The van der Waals surface area contributed by atoms with Gasteiger partial charge in [0.15, 0.2) is 11.9 Å². The Balaban J connectivity index is 0.701. The number of aryl methyl sites for hydroxylation is 6. The highest BCUT2D eigenvalue weighted by Gasteiger charge is 2.34. The van der Waals surface area contributed by atoms with Gasteiger partial charge in [0.1, 0.15) is 46.8 Å². The number of carboxylic acid groups (broad SMARTS) is 3. The highest BCUT2D eigenvalue weighted by Crippen LogP contribution is 2.29. The normalized spacial score (nSPS) is 14.3. The Hall–Kier alpha value is -13.3. The molecule has 5 atom stereocenters. The van der Waals surface area contributed by atoms with Crippen molar-refractivity contribution in [3.63, 3.8) is 0 Å². The average molecular weight is 1970 g/mol. The van der Waals surface area contributed by atoms with Crippen molar-refractivity contribution in [3.8, 4) is 11.5 Å². The van der Waals surface area contributed by atoms with Gasteiger partial charge >= 0.3 is 17.9 Å². The molecule has 8 amide bonds. The van der Waals surface area contributed by atoms with Gasteiger partial charge in [-0.2, -0.15) is 9.44 Å². The maximum Gasteiger partial charge on any atom is 0.323 e.